The smallest absolute Gasteiger partial charge is 0.237 e. The van der Waals surface area contributed by atoms with Crippen LogP contribution in [0.15, 0.2) is 53.0 Å². The molecule has 1 aliphatic heterocycles. The molecule has 1 saturated heterocycles. The highest BCUT2D eigenvalue weighted by atomic mass is 79.9. The molecular weight excluding hydrogens is 382 g/mol. The zero-order chi connectivity index (χ0) is 17.4. The third-order valence-electron chi connectivity index (χ3n) is 4.99. The van der Waals surface area contributed by atoms with Gasteiger partial charge in [0.05, 0.1) is 17.5 Å². The second-order valence-electron chi connectivity index (χ2n) is 6.56. The Balaban J connectivity index is 1.53. The van der Waals surface area contributed by atoms with E-state index in [2.05, 4.69) is 15.9 Å². The Hall–Kier alpha value is -2.14. The normalized spacial score (nSPS) is 22.8. The summed E-state index contributed by atoms with van der Waals surface area (Å²) in [6.07, 6.45) is 3.73. The fraction of sp³-hybridized carbons (Fsp3) is 0.300. The predicted octanol–water partition coefficient (Wildman–Crippen LogP) is 4.92. The minimum Gasteiger partial charge on any atom is -0.457 e. The van der Waals surface area contributed by atoms with E-state index in [0.717, 1.165) is 35.9 Å². The van der Waals surface area contributed by atoms with E-state index in [9.17, 15) is 9.59 Å². The summed E-state index contributed by atoms with van der Waals surface area (Å²) in [6, 6.07) is 14.7. The maximum absolute atomic E-state index is 12.6. The molecule has 2 aromatic carbocycles. The minimum absolute atomic E-state index is 0.0451. The van der Waals surface area contributed by atoms with E-state index < -0.39 is 0 Å². The average Bonchev–Trinajstić information content (AvgIpc) is 2.89. The number of benzene rings is 2. The van der Waals surface area contributed by atoms with Gasteiger partial charge in [0.25, 0.3) is 0 Å². The van der Waals surface area contributed by atoms with Gasteiger partial charge >= 0.3 is 0 Å². The van der Waals surface area contributed by atoms with E-state index in [1.807, 2.05) is 24.3 Å². The molecule has 5 heteroatoms. The van der Waals surface area contributed by atoms with Gasteiger partial charge in [-0.2, -0.15) is 0 Å². The molecule has 2 aromatic rings. The summed E-state index contributed by atoms with van der Waals surface area (Å²) in [7, 11) is 0. The van der Waals surface area contributed by atoms with E-state index >= 15 is 0 Å². The number of rotatable bonds is 3. The van der Waals surface area contributed by atoms with Crippen LogP contribution in [0.1, 0.15) is 25.7 Å². The van der Waals surface area contributed by atoms with Crippen LogP contribution >= 0.6 is 15.9 Å². The number of amides is 2. The molecule has 4 rings (SSSR count). The summed E-state index contributed by atoms with van der Waals surface area (Å²) in [6.45, 7) is 0. The molecule has 0 bridgehead atoms. The van der Waals surface area contributed by atoms with Crippen LogP contribution in [0.2, 0.25) is 0 Å². The quantitative estimate of drug-likeness (QED) is 0.687. The van der Waals surface area contributed by atoms with Crippen molar-refractivity contribution in [1.82, 2.24) is 0 Å². The van der Waals surface area contributed by atoms with E-state index in [4.69, 9.17) is 4.74 Å². The second-order valence-corrected chi connectivity index (χ2v) is 7.47. The Kier molecular flexibility index (Phi) is 4.34. The molecule has 128 valence electrons. The highest BCUT2D eigenvalue weighted by Crippen LogP contribution is 2.40. The topological polar surface area (TPSA) is 46.6 Å². The van der Waals surface area contributed by atoms with Crippen molar-refractivity contribution in [2.45, 2.75) is 25.7 Å². The lowest BCUT2D eigenvalue weighted by molar-refractivity contribution is -0.122. The van der Waals surface area contributed by atoms with Crippen molar-refractivity contribution in [3.05, 3.63) is 53.0 Å². The van der Waals surface area contributed by atoms with Gasteiger partial charge in [-0.15, -0.1) is 0 Å². The van der Waals surface area contributed by atoms with E-state index in [0.29, 0.717) is 11.4 Å². The van der Waals surface area contributed by atoms with Crippen LogP contribution in [-0.4, -0.2) is 11.8 Å². The van der Waals surface area contributed by atoms with Gasteiger partial charge in [0.15, 0.2) is 0 Å². The van der Waals surface area contributed by atoms with Crippen molar-refractivity contribution in [3.8, 4) is 11.5 Å². The van der Waals surface area contributed by atoms with Gasteiger partial charge < -0.3 is 4.74 Å². The lowest BCUT2D eigenvalue weighted by atomic mass is 9.81. The van der Waals surface area contributed by atoms with Gasteiger partial charge in [-0.25, -0.2) is 0 Å². The van der Waals surface area contributed by atoms with Gasteiger partial charge in [-0.05, 0) is 61.4 Å². The number of halogens is 1. The summed E-state index contributed by atoms with van der Waals surface area (Å²) >= 11 is 3.39. The van der Waals surface area contributed by atoms with Gasteiger partial charge in [0.2, 0.25) is 11.8 Å². The monoisotopic (exact) mass is 399 g/mol. The fourth-order valence-electron chi connectivity index (χ4n) is 3.72. The highest BCUT2D eigenvalue weighted by Gasteiger charge is 2.48. The molecule has 1 heterocycles. The van der Waals surface area contributed by atoms with Gasteiger partial charge in [-0.1, -0.05) is 28.8 Å². The molecular formula is C20H18BrNO3. The Morgan fingerprint density at radius 3 is 1.80 bits per heavy atom. The van der Waals surface area contributed by atoms with Crippen molar-refractivity contribution in [2.75, 3.05) is 4.90 Å². The van der Waals surface area contributed by atoms with Gasteiger partial charge in [0.1, 0.15) is 11.5 Å². The highest BCUT2D eigenvalue weighted by molar-refractivity contribution is 9.10. The molecule has 0 aromatic heterocycles. The standard InChI is InChI=1S/C20H18BrNO3/c21-13-5-9-15(10-6-13)25-16-11-7-14(8-12-16)22-19(23)17-3-1-2-4-18(17)20(22)24/h5-12,17-18H,1-4H2/t17-,18-/m0/s1. The molecule has 0 radical (unpaired) electrons. The summed E-state index contributed by atoms with van der Waals surface area (Å²) in [4.78, 5) is 26.6. The van der Waals surface area contributed by atoms with Gasteiger partial charge in [0, 0.05) is 4.47 Å². The number of carbonyl (C=O) groups excluding carboxylic acids is 2. The van der Waals surface area contributed by atoms with Crippen molar-refractivity contribution < 1.29 is 14.3 Å². The zero-order valence-electron chi connectivity index (χ0n) is 13.7. The first kappa shape index (κ1) is 16.3. The van der Waals surface area contributed by atoms with Crippen molar-refractivity contribution >= 4 is 33.4 Å². The summed E-state index contributed by atoms with van der Waals surface area (Å²) in [5, 5.41) is 0. The average molecular weight is 400 g/mol. The SMILES string of the molecule is O=C1[C@H]2CCCC[C@@H]2C(=O)N1c1ccc(Oc2ccc(Br)cc2)cc1. The molecule has 1 aliphatic carbocycles. The molecule has 2 aliphatic rings. The maximum Gasteiger partial charge on any atom is 0.237 e. The second kappa shape index (κ2) is 6.64. The minimum atomic E-state index is -0.125. The third kappa shape index (κ3) is 3.09. The molecule has 4 nitrogen and oxygen atoms in total. The molecule has 0 unspecified atom stereocenters. The van der Waals surface area contributed by atoms with Crippen molar-refractivity contribution in [2.24, 2.45) is 11.8 Å². The lowest BCUT2D eigenvalue weighted by Crippen LogP contribution is -2.30. The fourth-order valence-corrected chi connectivity index (χ4v) is 3.98. The first-order valence-corrected chi connectivity index (χ1v) is 9.34. The number of anilines is 1. The summed E-state index contributed by atoms with van der Waals surface area (Å²) < 4.78 is 6.78. The van der Waals surface area contributed by atoms with Gasteiger partial charge in [-0.3, -0.25) is 14.5 Å². The van der Waals surface area contributed by atoms with Crippen LogP contribution in [0.3, 0.4) is 0 Å². The Labute approximate surface area is 154 Å². The summed E-state index contributed by atoms with van der Waals surface area (Å²) in [5.41, 5.74) is 0.632. The van der Waals surface area contributed by atoms with Crippen LogP contribution in [0, 0.1) is 11.8 Å². The molecule has 2 fully saturated rings. The number of imide groups is 1. The van der Waals surface area contributed by atoms with E-state index in [1.54, 1.807) is 24.3 Å². The van der Waals surface area contributed by atoms with Crippen molar-refractivity contribution in [3.63, 3.8) is 0 Å². The Morgan fingerprint density at radius 2 is 1.28 bits per heavy atom. The van der Waals surface area contributed by atoms with E-state index in [-0.39, 0.29) is 23.7 Å². The lowest BCUT2D eigenvalue weighted by Gasteiger charge is -2.19. The van der Waals surface area contributed by atoms with Crippen LogP contribution in [0.5, 0.6) is 11.5 Å². The first-order chi connectivity index (χ1) is 12.1. The zero-order valence-corrected chi connectivity index (χ0v) is 15.2. The number of ether oxygens (including phenoxy) is 1. The molecule has 2 amide bonds. The number of carbonyl (C=O) groups is 2. The molecule has 1 saturated carbocycles. The maximum atomic E-state index is 12.6. The molecule has 0 spiro atoms. The Bertz CT molecular complexity index is 777. The molecule has 2 atom stereocenters. The molecule has 25 heavy (non-hydrogen) atoms. The van der Waals surface area contributed by atoms with E-state index in [1.165, 1.54) is 4.90 Å². The molecule has 0 N–H and O–H groups in total. The van der Waals surface area contributed by atoms with Crippen LogP contribution < -0.4 is 9.64 Å². The van der Waals surface area contributed by atoms with Crippen LogP contribution in [0.25, 0.3) is 0 Å². The Morgan fingerprint density at radius 1 is 0.800 bits per heavy atom. The van der Waals surface area contributed by atoms with Crippen LogP contribution in [-0.2, 0) is 9.59 Å². The number of hydrogen-bond donors (Lipinski definition) is 0. The van der Waals surface area contributed by atoms with Crippen molar-refractivity contribution in [1.29, 1.82) is 0 Å². The number of fused-ring (bicyclic) bond motifs is 1. The van der Waals surface area contributed by atoms with Crippen LogP contribution in [0.4, 0.5) is 5.69 Å². The summed E-state index contributed by atoms with van der Waals surface area (Å²) in [5.74, 6) is 1.06. The largest absolute Gasteiger partial charge is 0.457 e. The number of hydrogen-bond acceptors (Lipinski definition) is 3. The predicted molar refractivity (Wildman–Crippen MR) is 98.6 cm³/mol. The third-order valence-corrected chi connectivity index (χ3v) is 5.51. The first-order valence-electron chi connectivity index (χ1n) is 8.55. The number of nitrogens with zero attached hydrogens (tertiary/aromatic N) is 1.